The molecule has 1 saturated carbocycles. The molecule has 0 unspecified atom stereocenters. The summed E-state index contributed by atoms with van der Waals surface area (Å²) in [7, 11) is 0. The van der Waals surface area contributed by atoms with Crippen LogP contribution in [0.5, 0.6) is 5.88 Å². The summed E-state index contributed by atoms with van der Waals surface area (Å²) < 4.78 is 46.2. The number of ether oxygens (including phenoxy) is 1. The molecular formula is C18H25F3N2O. The number of halogens is 3. The van der Waals surface area contributed by atoms with Crippen molar-refractivity contribution in [1.29, 1.82) is 0 Å². The van der Waals surface area contributed by atoms with Gasteiger partial charge in [0.15, 0.2) is 0 Å². The number of alkyl halides is 3. The third-order valence-corrected chi connectivity index (χ3v) is 5.50. The molecule has 3 nitrogen and oxygen atoms in total. The monoisotopic (exact) mass is 342 g/mol. The van der Waals surface area contributed by atoms with Crippen LogP contribution in [0.4, 0.5) is 13.2 Å². The normalized spacial score (nSPS) is 22.6. The van der Waals surface area contributed by atoms with Crippen LogP contribution in [0.1, 0.15) is 38.5 Å². The molecule has 2 heterocycles. The molecule has 2 fully saturated rings. The molecule has 1 aliphatic heterocycles. The molecular weight excluding hydrogens is 317 g/mol. The molecule has 3 rings (SSSR count). The standard InChI is InChI=1S/C18H25F3N2O/c19-18(20,21)17(8-2-3-9-17)14-23-11-6-15(7-12-23)13-24-16-5-1-4-10-22-16/h1,4-5,10,15H,2-3,6-9,11-14H2. The van der Waals surface area contributed by atoms with Gasteiger partial charge in [0.05, 0.1) is 12.0 Å². The van der Waals surface area contributed by atoms with E-state index in [0.717, 1.165) is 25.9 Å². The fourth-order valence-electron chi connectivity index (χ4n) is 3.96. The van der Waals surface area contributed by atoms with Crippen LogP contribution in [0, 0.1) is 11.3 Å². The summed E-state index contributed by atoms with van der Waals surface area (Å²) in [5.74, 6) is 1.01. The van der Waals surface area contributed by atoms with Crippen molar-refractivity contribution in [2.24, 2.45) is 11.3 Å². The Morgan fingerprint density at radius 2 is 1.88 bits per heavy atom. The first-order valence-electron chi connectivity index (χ1n) is 8.81. The first kappa shape index (κ1) is 17.5. The topological polar surface area (TPSA) is 25.4 Å². The molecule has 0 amide bonds. The van der Waals surface area contributed by atoms with Crippen LogP contribution in [-0.4, -0.2) is 42.3 Å². The van der Waals surface area contributed by atoms with E-state index < -0.39 is 11.6 Å². The van der Waals surface area contributed by atoms with Gasteiger partial charge in [0.25, 0.3) is 0 Å². The van der Waals surface area contributed by atoms with Crippen molar-refractivity contribution in [3.05, 3.63) is 24.4 Å². The predicted molar refractivity (Wildman–Crippen MR) is 85.9 cm³/mol. The van der Waals surface area contributed by atoms with Gasteiger partial charge in [-0.05, 0) is 50.8 Å². The molecule has 0 atom stereocenters. The Morgan fingerprint density at radius 1 is 1.17 bits per heavy atom. The van der Waals surface area contributed by atoms with Gasteiger partial charge in [-0.1, -0.05) is 18.9 Å². The zero-order valence-corrected chi connectivity index (χ0v) is 13.9. The van der Waals surface area contributed by atoms with Gasteiger partial charge in [-0.15, -0.1) is 0 Å². The van der Waals surface area contributed by atoms with E-state index in [1.54, 1.807) is 6.20 Å². The number of hydrogen-bond acceptors (Lipinski definition) is 3. The molecule has 1 aliphatic carbocycles. The average molecular weight is 342 g/mol. The van der Waals surface area contributed by atoms with Gasteiger partial charge in [-0.25, -0.2) is 4.98 Å². The summed E-state index contributed by atoms with van der Waals surface area (Å²) in [6.45, 7) is 2.22. The van der Waals surface area contributed by atoms with Gasteiger partial charge in [0.1, 0.15) is 0 Å². The van der Waals surface area contributed by atoms with E-state index in [0.29, 0.717) is 44.1 Å². The Bertz CT molecular complexity index is 507. The van der Waals surface area contributed by atoms with Crippen LogP contribution in [0.2, 0.25) is 0 Å². The van der Waals surface area contributed by atoms with Crippen molar-refractivity contribution < 1.29 is 17.9 Å². The molecule has 6 heteroatoms. The van der Waals surface area contributed by atoms with Gasteiger partial charge in [-0.2, -0.15) is 13.2 Å². The number of piperidine rings is 1. The van der Waals surface area contributed by atoms with Crippen molar-refractivity contribution in [3.8, 4) is 5.88 Å². The minimum Gasteiger partial charge on any atom is -0.477 e. The van der Waals surface area contributed by atoms with E-state index >= 15 is 0 Å². The third kappa shape index (κ3) is 4.02. The van der Waals surface area contributed by atoms with E-state index in [-0.39, 0.29) is 6.54 Å². The summed E-state index contributed by atoms with van der Waals surface area (Å²) in [6.07, 6.45) is 1.38. The molecule has 2 aliphatic rings. The summed E-state index contributed by atoms with van der Waals surface area (Å²) in [6, 6.07) is 5.54. The Kier molecular flexibility index (Phi) is 5.33. The van der Waals surface area contributed by atoms with Gasteiger partial charge >= 0.3 is 6.18 Å². The molecule has 0 N–H and O–H groups in total. The van der Waals surface area contributed by atoms with E-state index in [1.165, 1.54) is 0 Å². The maximum Gasteiger partial charge on any atom is 0.395 e. The van der Waals surface area contributed by atoms with Crippen molar-refractivity contribution in [2.75, 3.05) is 26.2 Å². The maximum atomic E-state index is 13.5. The summed E-state index contributed by atoms with van der Waals surface area (Å²) in [5.41, 5.74) is -1.47. The molecule has 1 saturated heterocycles. The highest BCUT2D eigenvalue weighted by atomic mass is 19.4. The molecule has 0 spiro atoms. The number of rotatable bonds is 5. The number of aromatic nitrogens is 1. The Hall–Kier alpha value is -1.30. The van der Waals surface area contributed by atoms with Gasteiger partial charge in [0.2, 0.25) is 5.88 Å². The third-order valence-electron chi connectivity index (χ3n) is 5.50. The van der Waals surface area contributed by atoms with E-state index in [4.69, 9.17) is 4.74 Å². The van der Waals surface area contributed by atoms with Crippen molar-refractivity contribution in [1.82, 2.24) is 9.88 Å². The fourth-order valence-corrected chi connectivity index (χ4v) is 3.96. The molecule has 0 aromatic carbocycles. The minimum absolute atomic E-state index is 0.171. The lowest BCUT2D eigenvalue weighted by atomic mass is 9.83. The fraction of sp³-hybridized carbons (Fsp3) is 0.722. The van der Waals surface area contributed by atoms with Crippen molar-refractivity contribution in [2.45, 2.75) is 44.7 Å². The summed E-state index contributed by atoms with van der Waals surface area (Å²) in [5, 5.41) is 0. The second kappa shape index (κ2) is 7.30. The minimum atomic E-state index is -4.08. The van der Waals surface area contributed by atoms with Crippen LogP contribution in [0.25, 0.3) is 0 Å². The second-order valence-corrected chi connectivity index (χ2v) is 7.18. The molecule has 1 aromatic rings. The zero-order valence-electron chi connectivity index (χ0n) is 13.9. The first-order valence-corrected chi connectivity index (χ1v) is 8.81. The lowest BCUT2D eigenvalue weighted by Crippen LogP contribution is -2.48. The number of pyridine rings is 1. The first-order chi connectivity index (χ1) is 11.5. The predicted octanol–water partition coefficient (Wildman–Crippen LogP) is 4.30. The van der Waals surface area contributed by atoms with Gasteiger partial charge in [0, 0.05) is 18.8 Å². The maximum absolute atomic E-state index is 13.5. The van der Waals surface area contributed by atoms with Crippen molar-refractivity contribution >= 4 is 0 Å². The highest BCUT2D eigenvalue weighted by molar-refractivity contribution is 5.09. The average Bonchev–Trinajstić information content (AvgIpc) is 3.05. The Labute approximate surface area is 141 Å². The van der Waals surface area contributed by atoms with Crippen LogP contribution in [0.3, 0.4) is 0 Å². The highest BCUT2D eigenvalue weighted by Gasteiger charge is 2.56. The van der Waals surface area contributed by atoms with E-state index in [1.807, 2.05) is 23.1 Å². The SMILES string of the molecule is FC(F)(F)C1(CN2CCC(COc3ccccn3)CC2)CCCC1. The smallest absolute Gasteiger partial charge is 0.395 e. The Balaban J connectivity index is 1.46. The molecule has 0 radical (unpaired) electrons. The summed E-state index contributed by atoms with van der Waals surface area (Å²) in [4.78, 5) is 6.14. The van der Waals surface area contributed by atoms with Gasteiger partial charge < -0.3 is 9.64 Å². The molecule has 24 heavy (non-hydrogen) atoms. The number of likely N-dealkylation sites (tertiary alicyclic amines) is 1. The van der Waals surface area contributed by atoms with Crippen LogP contribution < -0.4 is 4.74 Å². The van der Waals surface area contributed by atoms with Crippen LogP contribution in [-0.2, 0) is 0 Å². The van der Waals surface area contributed by atoms with Gasteiger partial charge in [-0.3, -0.25) is 0 Å². The van der Waals surface area contributed by atoms with Crippen LogP contribution >= 0.6 is 0 Å². The van der Waals surface area contributed by atoms with E-state index in [2.05, 4.69) is 4.98 Å². The Morgan fingerprint density at radius 3 is 2.46 bits per heavy atom. The highest BCUT2D eigenvalue weighted by Crippen LogP contribution is 2.51. The lowest BCUT2D eigenvalue weighted by Gasteiger charge is -2.40. The zero-order chi connectivity index (χ0) is 17.0. The lowest BCUT2D eigenvalue weighted by molar-refractivity contribution is -0.228. The second-order valence-electron chi connectivity index (χ2n) is 7.18. The van der Waals surface area contributed by atoms with E-state index in [9.17, 15) is 13.2 Å². The summed E-state index contributed by atoms with van der Waals surface area (Å²) >= 11 is 0. The number of nitrogens with zero attached hydrogens (tertiary/aromatic N) is 2. The van der Waals surface area contributed by atoms with Crippen molar-refractivity contribution in [3.63, 3.8) is 0 Å². The quantitative estimate of drug-likeness (QED) is 0.798. The largest absolute Gasteiger partial charge is 0.477 e. The molecule has 1 aromatic heterocycles. The molecule has 134 valence electrons. The number of hydrogen-bond donors (Lipinski definition) is 0. The van der Waals surface area contributed by atoms with Crippen LogP contribution in [0.15, 0.2) is 24.4 Å². The molecule has 0 bridgehead atoms.